The van der Waals surface area contributed by atoms with E-state index in [1.54, 1.807) is 30.4 Å². The van der Waals surface area contributed by atoms with Crippen LogP contribution in [0.4, 0.5) is 0 Å². The molecule has 1 aromatic carbocycles. The smallest absolute Gasteiger partial charge is 0.255 e. The SMILES string of the molecule is COc1cc(/C=C/C(=O)N(C)C2CCC(C)CC2)ccc1OCC(N)=O. The van der Waals surface area contributed by atoms with Gasteiger partial charge in [-0.05, 0) is 55.4 Å². The van der Waals surface area contributed by atoms with E-state index in [2.05, 4.69) is 6.92 Å². The van der Waals surface area contributed by atoms with Crippen LogP contribution >= 0.6 is 0 Å². The van der Waals surface area contributed by atoms with E-state index in [0.29, 0.717) is 17.5 Å². The molecule has 0 atom stereocenters. The molecule has 2 amide bonds. The molecule has 1 fully saturated rings. The van der Waals surface area contributed by atoms with E-state index in [9.17, 15) is 9.59 Å². The summed E-state index contributed by atoms with van der Waals surface area (Å²) in [5, 5.41) is 0. The lowest BCUT2D eigenvalue weighted by molar-refractivity contribution is -0.127. The number of primary amides is 1. The number of nitrogens with zero attached hydrogens (tertiary/aromatic N) is 1. The molecule has 0 aliphatic heterocycles. The van der Waals surface area contributed by atoms with Gasteiger partial charge < -0.3 is 20.1 Å². The third-order valence-electron chi connectivity index (χ3n) is 4.86. The van der Waals surface area contributed by atoms with Gasteiger partial charge in [0, 0.05) is 19.2 Å². The van der Waals surface area contributed by atoms with E-state index >= 15 is 0 Å². The van der Waals surface area contributed by atoms with Gasteiger partial charge >= 0.3 is 0 Å². The molecule has 0 bridgehead atoms. The van der Waals surface area contributed by atoms with Crippen LogP contribution in [-0.2, 0) is 9.59 Å². The van der Waals surface area contributed by atoms with E-state index in [1.807, 2.05) is 11.9 Å². The van der Waals surface area contributed by atoms with Crippen molar-refractivity contribution in [2.24, 2.45) is 11.7 Å². The Morgan fingerprint density at radius 3 is 2.54 bits per heavy atom. The zero-order valence-electron chi connectivity index (χ0n) is 15.7. The van der Waals surface area contributed by atoms with Crippen LogP contribution in [0.5, 0.6) is 11.5 Å². The molecular weight excluding hydrogens is 332 g/mol. The van der Waals surface area contributed by atoms with E-state index < -0.39 is 5.91 Å². The fourth-order valence-corrected chi connectivity index (χ4v) is 3.15. The minimum Gasteiger partial charge on any atom is -0.493 e. The number of rotatable bonds is 7. The minimum atomic E-state index is -0.554. The second-order valence-corrected chi connectivity index (χ2v) is 6.86. The van der Waals surface area contributed by atoms with Gasteiger partial charge in [0.15, 0.2) is 18.1 Å². The Balaban J connectivity index is 2.00. The average Bonchev–Trinajstić information content (AvgIpc) is 2.64. The number of carbonyl (C=O) groups excluding carboxylic acids is 2. The van der Waals surface area contributed by atoms with Gasteiger partial charge in [-0.3, -0.25) is 9.59 Å². The number of nitrogens with two attached hydrogens (primary N) is 1. The fraction of sp³-hybridized carbons (Fsp3) is 0.500. The van der Waals surface area contributed by atoms with Gasteiger partial charge in [-0.1, -0.05) is 13.0 Å². The van der Waals surface area contributed by atoms with Crippen molar-refractivity contribution < 1.29 is 19.1 Å². The summed E-state index contributed by atoms with van der Waals surface area (Å²) in [6.45, 7) is 2.05. The number of hydrogen-bond acceptors (Lipinski definition) is 4. The van der Waals surface area contributed by atoms with Crippen molar-refractivity contribution in [3.05, 3.63) is 29.8 Å². The minimum absolute atomic E-state index is 0.00225. The lowest BCUT2D eigenvalue weighted by Crippen LogP contribution is -2.38. The van der Waals surface area contributed by atoms with Crippen LogP contribution in [0.15, 0.2) is 24.3 Å². The number of likely N-dealkylation sites (N-methyl/N-ethyl adjacent to an activating group) is 1. The summed E-state index contributed by atoms with van der Waals surface area (Å²) in [4.78, 5) is 25.1. The first-order valence-electron chi connectivity index (χ1n) is 8.94. The van der Waals surface area contributed by atoms with Crippen LogP contribution in [0.1, 0.15) is 38.2 Å². The lowest BCUT2D eigenvalue weighted by Gasteiger charge is -2.33. The first-order valence-corrected chi connectivity index (χ1v) is 8.94. The van der Waals surface area contributed by atoms with Crippen molar-refractivity contribution in [1.82, 2.24) is 4.90 Å². The Morgan fingerprint density at radius 2 is 1.92 bits per heavy atom. The molecule has 2 N–H and O–H groups in total. The van der Waals surface area contributed by atoms with Crippen molar-refractivity contribution in [2.75, 3.05) is 20.8 Å². The van der Waals surface area contributed by atoms with E-state index in [1.165, 1.54) is 20.0 Å². The number of methoxy groups -OCH3 is 1. The highest BCUT2D eigenvalue weighted by molar-refractivity contribution is 5.91. The fourth-order valence-electron chi connectivity index (χ4n) is 3.15. The van der Waals surface area contributed by atoms with Gasteiger partial charge in [-0.2, -0.15) is 0 Å². The third kappa shape index (κ3) is 5.51. The number of hydrogen-bond donors (Lipinski definition) is 1. The Labute approximate surface area is 154 Å². The first-order chi connectivity index (χ1) is 12.4. The molecule has 6 heteroatoms. The molecule has 26 heavy (non-hydrogen) atoms. The van der Waals surface area contributed by atoms with Gasteiger partial charge in [0.05, 0.1) is 7.11 Å². The summed E-state index contributed by atoms with van der Waals surface area (Å²) in [5.41, 5.74) is 5.89. The monoisotopic (exact) mass is 360 g/mol. The molecular formula is C20H28N2O4. The normalized spacial score (nSPS) is 20.0. The zero-order chi connectivity index (χ0) is 19.1. The van der Waals surface area contributed by atoms with Gasteiger partial charge in [0.25, 0.3) is 5.91 Å². The van der Waals surface area contributed by atoms with Crippen molar-refractivity contribution in [2.45, 2.75) is 38.6 Å². The number of benzene rings is 1. The van der Waals surface area contributed by atoms with E-state index in [0.717, 1.165) is 24.3 Å². The molecule has 6 nitrogen and oxygen atoms in total. The molecule has 1 aliphatic rings. The molecule has 142 valence electrons. The maximum absolute atomic E-state index is 12.4. The first kappa shape index (κ1) is 19.8. The third-order valence-corrected chi connectivity index (χ3v) is 4.86. The van der Waals surface area contributed by atoms with Crippen molar-refractivity contribution in [1.29, 1.82) is 0 Å². The Kier molecular flexibility index (Phi) is 7.06. The molecule has 0 spiro atoms. The number of ether oxygens (including phenoxy) is 2. The van der Waals surface area contributed by atoms with Crippen LogP contribution < -0.4 is 15.2 Å². The summed E-state index contributed by atoms with van der Waals surface area (Å²) in [7, 11) is 3.39. The molecule has 2 rings (SSSR count). The van der Waals surface area contributed by atoms with E-state index in [4.69, 9.17) is 15.2 Å². The quantitative estimate of drug-likeness (QED) is 0.758. The largest absolute Gasteiger partial charge is 0.493 e. The summed E-state index contributed by atoms with van der Waals surface area (Å²) in [6, 6.07) is 5.56. The summed E-state index contributed by atoms with van der Waals surface area (Å²) < 4.78 is 10.6. The Hall–Kier alpha value is -2.50. The summed E-state index contributed by atoms with van der Waals surface area (Å²) in [5.74, 6) is 1.12. The predicted molar refractivity (Wildman–Crippen MR) is 101 cm³/mol. The lowest BCUT2D eigenvalue weighted by atomic mass is 9.87. The van der Waals surface area contributed by atoms with Gasteiger partial charge in [-0.25, -0.2) is 0 Å². The van der Waals surface area contributed by atoms with Gasteiger partial charge in [0.2, 0.25) is 5.91 Å². The standard InChI is InChI=1S/C20H28N2O4/c1-14-4-8-16(9-5-14)22(2)20(24)11-7-15-6-10-17(18(12-15)25-3)26-13-19(21)23/h6-7,10-12,14,16H,4-5,8-9,13H2,1-3H3,(H2,21,23)/b11-7+. The molecule has 1 aliphatic carbocycles. The van der Waals surface area contributed by atoms with E-state index in [-0.39, 0.29) is 12.5 Å². The van der Waals surface area contributed by atoms with Crippen LogP contribution in [0.25, 0.3) is 6.08 Å². The summed E-state index contributed by atoms with van der Waals surface area (Å²) in [6.07, 6.45) is 7.82. The topological polar surface area (TPSA) is 81.9 Å². The van der Waals surface area contributed by atoms with Crippen LogP contribution in [0, 0.1) is 5.92 Å². The highest BCUT2D eigenvalue weighted by Crippen LogP contribution is 2.29. The summed E-state index contributed by atoms with van der Waals surface area (Å²) >= 11 is 0. The second-order valence-electron chi connectivity index (χ2n) is 6.86. The molecule has 1 aromatic rings. The number of amides is 2. The highest BCUT2D eigenvalue weighted by Gasteiger charge is 2.23. The maximum atomic E-state index is 12.4. The van der Waals surface area contributed by atoms with Crippen molar-refractivity contribution >= 4 is 17.9 Å². The Morgan fingerprint density at radius 1 is 1.23 bits per heavy atom. The van der Waals surface area contributed by atoms with Crippen molar-refractivity contribution in [3.8, 4) is 11.5 Å². The Bertz CT molecular complexity index is 664. The van der Waals surface area contributed by atoms with Crippen LogP contribution in [0.3, 0.4) is 0 Å². The highest BCUT2D eigenvalue weighted by atomic mass is 16.5. The number of carbonyl (C=O) groups is 2. The molecule has 0 saturated heterocycles. The average molecular weight is 360 g/mol. The molecule has 1 saturated carbocycles. The zero-order valence-corrected chi connectivity index (χ0v) is 15.7. The molecule has 0 aromatic heterocycles. The second kappa shape index (κ2) is 9.27. The van der Waals surface area contributed by atoms with Gasteiger partial charge in [0.1, 0.15) is 0 Å². The molecule has 0 unspecified atom stereocenters. The van der Waals surface area contributed by atoms with Crippen molar-refractivity contribution in [3.63, 3.8) is 0 Å². The molecule has 0 radical (unpaired) electrons. The predicted octanol–water partition coefficient (Wildman–Crippen LogP) is 2.61. The van der Waals surface area contributed by atoms with Crippen LogP contribution in [0.2, 0.25) is 0 Å². The van der Waals surface area contributed by atoms with Crippen LogP contribution in [-0.4, -0.2) is 43.5 Å². The van der Waals surface area contributed by atoms with Gasteiger partial charge in [-0.15, -0.1) is 0 Å². The molecule has 0 heterocycles. The maximum Gasteiger partial charge on any atom is 0.255 e.